The molecule has 1 fully saturated rings. The lowest BCUT2D eigenvalue weighted by atomic mass is 9.87. The Hall–Kier alpha value is -2.38. The monoisotopic (exact) mass is 420 g/mol. The van der Waals surface area contributed by atoms with Gasteiger partial charge in [-0.15, -0.1) is 0 Å². The van der Waals surface area contributed by atoms with E-state index >= 15 is 0 Å². The summed E-state index contributed by atoms with van der Waals surface area (Å²) in [6.07, 6.45) is 1.07. The number of nitrogens with zero attached hydrogens (tertiary/aromatic N) is 1. The third kappa shape index (κ3) is 3.91. The maximum Gasteiger partial charge on any atom is 0.237 e. The fourth-order valence-corrected chi connectivity index (χ4v) is 4.47. The highest BCUT2D eigenvalue weighted by Gasteiger charge is 2.44. The van der Waals surface area contributed by atoms with E-state index in [1.165, 1.54) is 17.0 Å². The molecule has 2 atom stereocenters. The molecule has 8 heteroatoms. The van der Waals surface area contributed by atoms with Crippen LogP contribution in [0.15, 0.2) is 47.4 Å². The number of nitrogens with one attached hydrogen (secondary N) is 1. The number of carbonyl (C=O) groups is 2. The number of likely N-dealkylation sites (N-methyl/N-ethyl adjacent to an activating group) is 1. The first-order valence-corrected chi connectivity index (χ1v) is 11.0. The summed E-state index contributed by atoms with van der Waals surface area (Å²) in [5.41, 5.74) is 1.87. The number of carbonyl (C=O) groups excluding carboxylic acids is 2. The molecule has 0 unspecified atom stereocenters. The number of likely N-dealkylation sites (tertiary alicyclic amines) is 1. The predicted octanol–water partition coefficient (Wildman–Crippen LogP) is 2.86. The van der Waals surface area contributed by atoms with Crippen LogP contribution in [0.4, 0.5) is 5.69 Å². The van der Waals surface area contributed by atoms with E-state index in [2.05, 4.69) is 5.32 Å². The molecule has 1 saturated heterocycles. The molecule has 0 radical (unpaired) electrons. The molecular weight excluding hydrogens is 400 g/mol. The molecular formula is C20H21ClN2O4S. The standard InChI is InChI=1S/C20H21ClN2O4S/c1-12-8-9-13(10-15(12)21)14-11-23(2)20(25)18(14)19(24)22-16-6-4-5-7-17(16)28(3,26)27/h4-10,14,18H,11H2,1-3H3,(H,22,24)/t14-,18+/m1/s1. The summed E-state index contributed by atoms with van der Waals surface area (Å²) in [5.74, 6) is -2.18. The molecule has 148 valence electrons. The largest absolute Gasteiger partial charge is 0.344 e. The fraction of sp³-hybridized carbons (Fsp3) is 0.300. The number of anilines is 1. The molecule has 6 nitrogen and oxygen atoms in total. The second-order valence-corrected chi connectivity index (χ2v) is 9.46. The van der Waals surface area contributed by atoms with E-state index in [-0.39, 0.29) is 22.4 Å². The molecule has 0 spiro atoms. The highest BCUT2D eigenvalue weighted by Crippen LogP contribution is 2.36. The lowest BCUT2D eigenvalue weighted by molar-refractivity contribution is -0.135. The third-order valence-electron chi connectivity index (χ3n) is 4.97. The average molecular weight is 421 g/mol. The minimum atomic E-state index is -3.53. The average Bonchev–Trinajstić information content (AvgIpc) is 2.92. The number of hydrogen-bond acceptors (Lipinski definition) is 4. The van der Waals surface area contributed by atoms with Gasteiger partial charge >= 0.3 is 0 Å². The van der Waals surface area contributed by atoms with Crippen molar-refractivity contribution < 1.29 is 18.0 Å². The van der Waals surface area contributed by atoms with Gasteiger partial charge in [0.1, 0.15) is 5.92 Å². The molecule has 0 aromatic heterocycles. The molecule has 1 heterocycles. The van der Waals surface area contributed by atoms with E-state index in [1.54, 1.807) is 25.2 Å². The number of rotatable bonds is 4. The molecule has 0 bridgehead atoms. The summed E-state index contributed by atoms with van der Waals surface area (Å²) in [5, 5.41) is 3.21. The van der Waals surface area contributed by atoms with Gasteiger partial charge in [0, 0.05) is 30.8 Å². The summed E-state index contributed by atoms with van der Waals surface area (Å²) in [4.78, 5) is 27.2. The van der Waals surface area contributed by atoms with Crippen LogP contribution in [0.1, 0.15) is 17.0 Å². The van der Waals surface area contributed by atoms with E-state index in [9.17, 15) is 18.0 Å². The molecule has 0 saturated carbocycles. The van der Waals surface area contributed by atoms with E-state index in [4.69, 9.17) is 11.6 Å². The Morgan fingerprint density at radius 1 is 1.21 bits per heavy atom. The quantitative estimate of drug-likeness (QED) is 0.771. The Labute approximate surface area is 169 Å². The van der Waals surface area contributed by atoms with Gasteiger partial charge in [-0.05, 0) is 36.2 Å². The van der Waals surface area contributed by atoms with E-state index < -0.39 is 21.7 Å². The molecule has 0 aliphatic carbocycles. The van der Waals surface area contributed by atoms with E-state index in [0.29, 0.717) is 11.6 Å². The predicted molar refractivity (Wildman–Crippen MR) is 108 cm³/mol. The van der Waals surface area contributed by atoms with Gasteiger partial charge in [0.05, 0.1) is 10.6 Å². The highest BCUT2D eigenvalue weighted by atomic mass is 35.5. The topological polar surface area (TPSA) is 83.6 Å². The van der Waals surface area contributed by atoms with Gasteiger partial charge in [0.15, 0.2) is 9.84 Å². The summed E-state index contributed by atoms with van der Waals surface area (Å²) in [6.45, 7) is 2.26. The molecule has 28 heavy (non-hydrogen) atoms. The zero-order chi connectivity index (χ0) is 20.6. The number of para-hydroxylation sites is 1. The molecule has 2 aromatic carbocycles. The lowest BCUT2D eigenvalue weighted by Gasteiger charge is -2.18. The van der Waals surface area contributed by atoms with Crippen molar-refractivity contribution in [2.45, 2.75) is 17.7 Å². The Bertz CT molecular complexity index is 1050. The van der Waals surface area contributed by atoms with Gasteiger partial charge in [-0.1, -0.05) is 35.9 Å². The van der Waals surface area contributed by atoms with Gasteiger partial charge < -0.3 is 10.2 Å². The SMILES string of the molecule is Cc1ccc([C@H]2CN(C)C(=O)[C@@H]2C(=O)Nc2ccccc2S(C)(=O)=O)cc1Cl. The Morgan fingerprint density at radius 2 is 1.89 bits per heavy atom. The van der Waals surface area contributed by atoms with Crippen LogP contribution in [-0.2, 0) is 19.4 Å². The van der Waals surface area contributed by atoms with E-state index in [0.717, 1.165) is 17.4 Å². The summed E-state index contributed by atoms with van der Waals surface area (Å²) >= 11 is 6.23. The molecule has 1 N–H and O–H groups in total. The summed E-state index contributed by atoms with van der Waals surface area (Å²) < 4.78 is 24.0. The van der Waals surface area contributed by atoms with Crippen molar-refractivity contribution in [3.05, 3.63) is 58.6 Å². The van der Waals surface area contributed by atoms with Gasteiger partial charge in [-0.3, -0.25) is 9.59 Å². The smallest absolute Gasteiger partial charge is 0.237 e. The van der Waals surface area contributed by atoms with Crippen molar-refractivity contribution >= 4 is 38.9 Å². The zero-order valence-corrected chi connectivity index (χ0v) is 17.3. The van der Waals surface area contributed by atoms with Gasteiger partial charge in [-0.25, -0.2) is 8.42 Å². The third-order valence-corrected chi connectivity index (χ3v) is 6.53. The van der Waals surface area contributed by atoms with Gasteiger partial charge in [0.2, 0.25) is 11.8 Å². The van der Waals surface area contributed by atoms with Crippen molar-refractivity contribution in [2.24, 2.45) is 5.92 Å². The Balaban J connectivity index is 1.95. The number of benzene rings is 2. The second kappa shape index (κ2) is 7.56. The van der Waals surface area contributed by atoms with Crippen LogP contribution in [0, 0.1) is 12.8 Å². The molecule has 1 aliphatic heterocycles. The Morgan fingerprint density at radius 3 is 2.54 bits per heavy atom. The van der Waals surface area contributed by atoms with Crippen LogP contribution < -0.4 is 5.32 Å². The maximum atomic E-state index is 13.0. The van der Waals surface area contributed by atoms with E-state index in [1.807, 2.05) is 19.1 Å². The summed E-state index contributed by atoms with van der Waals surface area (Å²) in [6, 6.07) is 11.6. The van der Waals surface area contributed by atoms with Crippen LogP contribution >= 0.6 is 11.6 Å². The molecule has 2 amide bonds. The van der Waals surface area contributed by atoms with Crippen molar-refractivity contribution in [3.8, 4) is 0 Å². The van der Waals surface area contributed by atoms with Crippen molar-refractivity contribution in [3.63, 3.8) is 0 Å². The number of amides is 2. The number of sulfone groups is 1. The first-order valence-electron chi connectivity index (χ1n) is 8.70. The fourth-order valence-electron chi connectivity index (χ4n) is 3.44. The lowest BCUT2D eigenvalue weighted by Crippen LogP contribution is -2.33. The number of hydrogen-bond donors (Lipinski definition) is 1. The van der Waals surface area contributed by atoms with Crippen LogP contribution in [0.25, 0.3) is 0 Å². The van der Waals surface area contributed by atoms with Crippen LogP contribution in [0.5, 0.6) is 0 Å². The van der Waals surface area contributed by atoms with Gasteiger partial charge in [-0.2, -0.15) is 0 Å². The Kier molecular flexibility index (Phi) is 5.50. The van der Waals surface area contributed by atoms with Gasteiger partial charge in [0.25, 0.3) is 0 Å². The van der Waals surface area contributed by atoms with Crippen LogP contribution in [-0.4, -0.2) is 45.0 Å². The maximum absolute atomic E-state index is 13.0. The van der Waals surface area contributed by atoms with Crippen LogP contribution in [0.3, 0.4) is 0 Å². The second-order valence-electron chi connectivity index (χ2n) is 7.07. The summed E-state index contributed by atoms with van der Waals surface area (Å²) in [7, 11) is -1.89. The van der Waals surface area contributed by atoms with Crippen LogP contribution in [0.2, 0.25) is 5.02 Å². The molecule has 2 aromatic rings. The molecule has 3 rings (SSSR count). The highest BCUT2D eigenvalue weighted by molar-refractivity contribution is 7.90. The minimum Gasteiger partial charge on any atom is -0.344 e. The van der Waals surface area contributed by atoms with Crippen molar-refractivity contribution in [1.29, 1.82) is 0 Å². The normalized spacial score (nSPS) is 19.7. The number of aryl methyl sites for hydroxylation is 1. The minimum absolute atomic E-state index is 0.0112. The first kappa shape index (κ1) is 20.4. The first-order chi connectivity index (χ1) is 13.1. The molecule has 1 aliphatic rings. The van der Waals surface area contributed by atoms with Crippen molar-refractivity contribution in [1.82, 2.24) is 4.90 Å². The number of halogens is 1. The van der Waals surface area contributed by atoms with Crippen molar-refractivity contribution in [2.75, 3.05) is 25.2 Å². The zero-order valence-electron chi connectivity index (χ0n) is 15.8.